The number of anilines is 4. The predicted octanol–water partition coefficient (Wildman–Crippen LogP) is 9.86. The fraction of sp³-hybridized carbons (Fsp3) is 0.500. The van der Waals surface area contributed by atoms with Crippen molar-refractivity contribution >= 4 is 46.7 Å². The standard InChI is InChI=1S/2C20H27ClN4O/c2*1-13(2)26-15-8-9-17(21)16(12-15)18-7-5-4-6-10-25(18)19-11-14(3)23-20(22)24-19/h2*8-9,11-13,18H,4-7,10H2,1-3H3,(H2,22,23,24)/t2*18-/m10/s1. The molecule has 2 atom stereocenters. The molecule has 0 bridgehead atoms. The second kappa shape index (κ2) is 18.1. The molecule has 4 N–H and O–H groups in total. The van der Waals surface area contributed by atoms with Gasteiger partial charge in [0.05, 0.1) is 24.3 Å². The van der Waals surface area contributed by atoms with Crippen molar-refractivity contribution in [3.05, 3.63) is 81.1 Å². The van der Waals surface area contributed by atoms with E-state index in [0.29, 0.717) is 11.9 Å². The van der Waals surface area contributed by atoms with Crippen molar-refractivity contribution < 1.29 is 9.47 Å². The minimum absolute atomic E-state index is 0.124. The summed E-state index contributed by atoms with van der Waals surface area (Å²) in [7, 11) is 0. The van der Waals surface area contributed by atoms with Gasteiger partial charge in [-0.25, -0.2) is 9.97 Å². The van der Waals surface area contributed by atoms with Crippen LogP contribution in [0.1, 0.15) is 114 Å². The third kappa shape index (κ3) is 10.5. The summed E-state index contributed by atoms with van der Waals surface area (Å²) in [5, 5.41) is 1.52. The highest BCUT2D eigenvalue weighted by Gasteiger charge is 2.28. The molecule has 0 saturated carbocycles. The molecule has 0 amide bonds. The van der Waals surface area contributed by atoms with Crippen molar-refractivity contribution in [2.24, 2.45) is 0 Å². The molecule has 4 aromatic rings. The summed E-state index contributed by atoms with van der Waals surface area (Å²) in [4.78, 5) is 22.0. The van der Waals surface area contributed by atoms with Gasteiger partial charge in [0.1, 0.15) is 23.1 Å². The van der Waals surface area contributed by atoms with Gasteiger partial charge in [-0.2, -0.15) is 9.97 Å². The zero-order valence-corrected chi connectivity index (χ0v) is 32.9. The maximum absolute atomic E-state index is 6.60. The Balaban J connectivity index is 0.000000201. The van der Waals surface area contributed by atoms with E-state index in [-0.39, 0.29) is 24.3 Å². The molecule has 2 fully saturated rings. The highest BCUT2D eigenvalue weighted by atomic mass is 35.5. The normalized spacial score (nSPS) is 18.0. The van der Waals surface area contributed by atoms with Crippen LogP contribution in [0.5, 0.6) is 11.5 Å². The summed E-state index contributed by atoms with van der Waals surface area (Å²) in [6.07, 6.45) is 9.26. The zero-order valence-electron chi connectivity index (χ0n) is 31.4. The minimum atomic E-state index is 0.124. The van der Waals surface area contributed by atoms with E-state index in [1.54, 1.807) is 0 Å². The van der Waals surface area contributed by atoms with Gasteiger partial charge >= 0.3 is 0 Å². The van der Waals surface area contributed by atoms with Gasteiger partial charge in [0.15, 0.2) is 0 Å². The smallest absolute Gasteiger partial charge is 0.222 e. The Hall–Kier alpha value is -4.02. The van der Waals surface area contributed by atoms with Gasteiger partial charge in [0, 0.05) is 46.7 Å². The number of hydrogen-bond acceptors (Lipinski definition) is 10. The Labute approximate surface area is 319 Å². The molecule has 52 heavy (non-hydrogen) atoms. The van der Waals surface area contributed by atoms with Gasteiger partial charge in [0.25, 0.3) is 0 Å². The molecule has 280 valence electrons. The minimum Gasteiger partial charge on any atom is -0.491 e. The lowest BCUT2D eigenvalue weighted by Crippen LogP contribution is -2.30. The lowest BCUT2D eigenvalue weighted by Gasteiger charge is -2.32. The van der Waals surface area contributed by atoms with Crippen LogP contribution in [0, 0.1) is 13.8 Å². The van der Waals surface area contributed by atoms with Crippen LogP contribution in [0.2, 0.25) is 10.0 Å². The lowest BCUT2D eigenvalue weighted by atomic mass is 10.00. The maximum Gasteiger partial charge on any atom is 0.222 e. The number of ether oxygens (including phenoxy) is 2. The fourth-order valence-corrected chi connectivity index (χ4v) is 7.59. The number of hydrogen-bond donors (Lipinski definition) is 2. The molecule has 2 aromatic heterocycles. The number of aromatic nitrogens is 4. The second-order valence-electron chi connectivity index (χ2n) is 14.3. The second-order valence-corrected chi connectivity index (χ2v) is 15.1. The monoisotopic (exact) mass is 748 g/mol. The Morgan fingerprint density at radius 1 is 0.596 bits per heavy atom. The van der Waals surface area contributed by atoms with Crippen LogP contribution in [0.4, 0.5) is 23.5 Å². The molecule has 12 heteroatoms. The van der Waals surface area contributed by atoms with Crippen LogP contribution in [-0.2, 0) is 0 Å². The molecule has 2 aromatic carbocycles. The van der Waals surface area contributed by atoms with Crippen LogP contribution >= 0.6 is 23.2 Å². The highest BCUT2D eigenvalue weighted by molar-refractivity contribution is 6.31. The molecular weight excluding hydrogens is 695 g/mol. The summed E-state index contributed by atoms with van der Waals surface area (Å²) in [5.41, 5.74) is 15.7. The fourth-order valence-electron chi connectivity index (χ4n) is 7.10. The maximum atomic E-state index is 6.60. The molecule has 2 aliphatic rings. The van der Waals surface area contributed by atoms with Crippen molar-refractivity contribution in [3.63, 3.8) is 0 Å². The predicted molar refractivity (Wildman–Crippen MR) is 214 cm³/mol. The number of aryl methyl sites for hydroxylation is 2. The summed E-state index contributed by atoms with van der Waals surface area (Å²) in [6, 6.07) is 16.1. The number of halogens is 2. The van der Waals surface area contributed by atoms with Crippen molar-refractivity contribution in [3.8, 4) is 11.5 Å². The first-order chi connectivity index (χ1) is 24.9. The van der Waals surface area contributed by atoms with E-state index in [1.165, 1.54) is 12.8 Å². The molecule has 10 nitrogen and oxygen atoms in total. The van der Waals surface area contributed by atoms with Crippen molar-refractivity contribution in [2.45, 2.75) is 117 Å². The van der Waals surface area contributed by atoms with Gasteiger partial charge in [0.2, 0.25) is 11.9 Å². The van der Waals surface area contributed by atoms with E-state index in [0.717, 1.165) is 107 Å². The number of nitrogens with zero attached hydrogens (tertiary/aromatic N) is 6. The summed E-state index contributed by atoms with van der Waals surface area (Å²) < 4.78 is 11.8. The van der Waals surface area contributed by atoms with Gasteiger partial charge in [-0.3, -0.25) is 0 Å². The molecule has 0 radical (unpaired) electrons. The third-order valence-corrected chi connectivity index (χ3v) is 9.90. The molecule has 2 saturated heterocycles. The number of rotatable bonds is 8. The van der Waals surface area contributed by atoms with E-state index < -0.39 is 0 Å². The first kappa shape index (κ1) is 39.2. The Morgan fingerprint density at radius 2 is 1.00 bits per heavy atom. The Bertz CT molecular complexity index is 1620. The first-order valence-electron chi connectivity index (χ1n) is 18.6. The summed E-state index contributed by atoms with van der Waals surface area (Å²) in [6.45, 7) is 13.8. The molecule has 0 spiro atoms. The number of nitrogens with two attached hydrogens (primary N) is 2. The average molecular weight is 750 g/mol. The number of nitrogen functional groups attached to an aromatic ring is 2. The van der Waals surface area contributed by atoms with Crippen LogP contribution < -0.4 is 30.7 Å². The Morgan fingerprint density at radius 3 is 1.37 bits per heavy atom. The largest absolute Gasteiger partial charge is 0.491 e. The zero-order chi connectivity index (χ0) is 37.4. The lowest BCUT2D eigenvalue weighted by molar-refractivity contribution is 0.241. The average Bonchev–Trinajstić information content (AvgIpc) is 3.47. The molecule has 0 aliphatic carbocycles. The molecule has 6 rings (SSSR count). The highest BCUT2D eigenvalue weighted by Crippen LogP contribution is 2.40. The SMILES string of the molecule is Cc1cc(N2CCCCC[C@@H]2c2cc(OC(C)C)ccc2Cl)nc(N)n1.Cc1cc(N2CCCCC[C@H]2c2cc(OC(C)C)ccc2Cl)nc(N)n1. The van der Waals surface area contributed by atoms with Crippen LogP contribution in [0.25, 0.3) is 0 Å². The molecule has 0 unspecified atom stereocenters. The summed E-state index contributed by atoms with van der Waals surface area (Å²) >= 11 is 13.2. The third-order valence-electron chi connectivity index (χ3n) is 9.21. The van der Waals surface area contributed by atoms with E-state index in [4.69, 9.17) is 44.1 Å². The van der Waals surface area contributed by atoms with Crippen molar-refractivity contribution in [2.75, 3.05) is 34.4 Å². The van der Waals surface area contributed by atoms with Gasteiger partial charge < -0.3 is 30.7 Å². The van der Waals surface area contributed by atoms with E-state index in [1.807, 2.05) is 77.9 Å². The van der Waals surface area contributed by atoms with Gasteiger partial charge in [-0.05, 0) is 115 Å². The van der Waals surface area contributed by atoms with Crippen molar-refractivity contribution in [1.82, 2.24) is 19.9 Å². The van der Waals surface area contributed by atoms with Gasteiger partial charge in [-0.1, -0.05) is 48.9 Å². The van der Waals surface area contributed by atoms with E-state index in [2.05, 4.69) is 41.9 Å². The van der Waals surface area contributed by atoms with E-state index in [9.17, 15) is 0 Å². The molecular formula is C40H54Cl2N8O2. The van der Waals surface area contributed by atoms with Crippen LogP contribution in [-0.4, -0.2) is 45.2 Å². The first-order valence-corrected chi connectivity index (χ1v) is 19.3. The summed E-state index contributed by atoms with van der Waals surface area (Å²) in [5.74, 6) is 4.06. The molecule has 4 heterocycles. The van der Waals surface area contributed by atoms with Crippen LogP contribution in [0.15, 0.2) is 48.5 Å². The molecule has 2 aliphatic heterocycles. The van der Waals surface area contributed by atoms with Crippen LogP contribution in [0.3, 0.4) is 0 Å². The van der Waals surface area contributed by atoms with Crippen molar-refractivity contribution in [1.29, 1.82) is 0 Å². The van der Waals surface area contributed by atoms with Gasteiger partial charge in [-0.15, -0.1) is 0 Å². The van der Waals surface area contributed by atoms with E-state index >= 15 is 0 Å². The number of benzene rings is 2. The topological polar surface area (TPSA) is 129 Å². The quantitative estimate of drug-likeness (QED) is 0.180. The Kier molecular flexibility index (Phi) is 13.7.